The molecule has 3 N–H and O–H groups in total. The molecule has 0 saturated heterocycles. The van der Waals surface area contributed by atoms with E-state index in [2.05, 4.69) is 0 Å². The van der Waals surface area contributed by atoms with Crippen LogP contribution in [-0.4, -0.2) is 17.4 Å². The molecule has 0 aliphatic heterocycles. The molecule has 1 aromatic rings. The van der Waals surface area contributed by atoms with Gasteiger partial charge in [-0.25, -0.2) is 4.39 Å². The Bertz CT molecular complexity index is 451. The Morgan fingerprint density at radius 1 is 1.50 bits per heavy atom. The zero-order valence-electron chi connectivity index (χ0n) is 9.69. The summed E-state index contributed by atoms with van der Waals surface area (Å²) in [5.74, 6) is -0.575. The summed E-state index contributed by atoms with van der Waals surface area (Å²) in [6, 6.07) is 3.07. The van der Waals surface area contributed by atoms with Crippen LogP contribution in [0, 0.1) is 21.3 Å². The molecule has 7 heteroatoms. The van der Waals surface area contributed by atoms with Crippen molar-refractivity contribution < 1.29 is 14.1 Å². The second kappa shape index (κ2) is 6.53. The molecule has 0 fully saturated rings. The maximum atomic E-state index is 12.9. The van der Waals surface area contributed by atoms with Gasteiger partial charge in [0, 0.05) is 18.6 Å². The Hall–Kier alpha value is -2.18. The first-order chi connectivity index (χ1) is 8.50. The average molecular weight is 255 g/mol. The minimum atomic E-state index is -0.621. The van der Waals surface area contributed by atoms with Gasteiger partial charge in [0.1, 0.15) is 5.82 Å². The number of hydrogen-bond acceptors (Lipinski definition) is 4. The van der Waals surface area contributed by atoms with Gasteiger partial charge in [-0.15, -0.1) is 0 Å². The van der Waals surface area contributed by atoms with Crippen molar-refractivity contribution in [3.8, 4) is 5.75 Å². The third kappa shape index (κ3) is 4.36. The van der Waals surface area contributed by atoms with Crippen molar-refractivity contribution in [2.75, 3.05) is 6.61 Å². The van der Waals surface area contributed by atoms with Crippen LogP contribution in [0.15, 0.2) is 18.2 Å². The molecule has 0 aliphatic rings. The summed E-state index contributed by atoms with van der Waals surface area (Å²) >= 11 is 0. The molecular weight excluding hydrogens is 241 g/mol. The van der Waals surface area contributed by atoms with Crippen molar-refractivity contribution in [2.45, 2.75) is 19.3 Å². The van der Waals surface area contributed by atoms with Crippen LogP contribution in [-0.2, 0) is 0 Å². The quantitative estimate of drug-likeness (QED) is 0.256. The van der Waals surface area contributed by atoms with Gasteiger partial charge in [-0.05, 0) is 18.9 Å². The average Bonchev–Trinajstić information content (AvgIpc) is 2.27. The Morgan fingerprint density at radius 2 is 2.22 bits per heavy atom. The van der Waals surface area contributed by atoms with Gasteiger partial charge in [0.25, 0.3) is 0 Å². The molecule has 0 bridgehead atoms. The predicted octanol–water partition coefficient (Wildman–Crippen LogP) is 2.22. The highest BCUT2D eigenvalue weighted by Crippen LogP contribution is 2.27. The predicted molar refractivity (Wildman–Crippen MR) is 64.3 cm³/mol. The van der Waals surface area contributed by atoms with Crippen molar-refractivity contribution in [2.24, 2.45) is 5.73 Å². The van der Waals surface area contributed by atoms with Crippen molar-refractivity contribution in [3.05, 3.63) is 34.1 Å². The number of nitrogens with two attached hydrogens (primary N) is 1. The number of halogens is 1. The lowest BCUT2D eigenvalue weighted by molar-refractivity contribution is -0.385. The number of nitrogens with zero attached hydrogens (tertiary/aromatic N) is 1. The number of nitro groups is 1. The largest absolute Gasteiger partial charge is 0.487 e. The fourth-order valence-corrected chi connectivity index (χ4v) is 1.35. The van der Waals surface area contributed by atoms with Crippen LogP contribution >= 0.6 is 0 Å². The highest BCUT2D eigenvalue weighted by atomic mass is 19.1. The number of hydrogen-bond donors (Lipinski definition) is 2. The normalized spacial score (nSPS) is 10.1. The topological polar surface area (TPSA) is 102 Å². The van der Waals surface area contributed by atoms with Gasteiger partial charge in [-0.2, -0.15) is 0 Å². The summed E-state index contributed by atoms with van der Waals surface area (Å²) in [6.45, 7) is 0.220. The van der Waals surface area contributed by atoms with Crippen molar-refractivity contribution in [3.63, 3.8) is 0 Å². The molecule has 0 atom stereocenters. The third-order valence-electron chi connectivity index (χ3n) is 2.22. The summed E-state index contributed by atoms with van der Waals surface area (Å²) in [5.41, 5.74) is 4.91. The Balaban J connectivity index is 2.53. The lowest BCUT2D eigenvalue weighted by Crippen LogP contribution is -2.09. The molecule has 0 aliphatic carbocycles. The van der Waals surface area contributed by atoms with E-state index in [-0.39, 0.29) is 23.9 Å². The van der Waals surface area contributed by atoms with Crippen LogP contribution < -0.4 is 10.5 Å². The fraction of sp³-hybridized carbons (Fsp3) is 0.364. The van der Waals surface area contributed by atoms with Gasteiger partial charge in [-0.3, -0.25) is 15.5 Å². The molecular formula is C11H14FN3O3. The van der Waals surface area contributed by atoms with Crippen LogP contribution in [0.1, 0.15) is 19.3 Å². The minimum absolute atomic E-state index is 0.0807. The van der Waals surface area contributed by atoms with Crippen LogP contribution in [0.2, 0.25) is 0 Å². The molecule has 1 aromatic carbocycles. The molecule has 0 unspecified atom stereocenters. The summed E-state index contributed by atoms with van der Waals surface area (Å²) in [7, 11) is 0. The zero-order chi connectivity index (χ0) is 13.5. The molecule has 6 nitrogen and oxygen atoms in total. The zero-order valence-corrected chi connectivity index (χ0v) is 9.69. The molecule has 1 rings (SSSR count). The van der Waals surface area contributed by atoms with Crippen molar-refractivity contribution in [1.82, 2.24) is 0 Å². The Labute approximate surface area is 103 Å². The molecule has 0 amide bonds. The number of nitro benzene ring substituents is 1. The van der Waals surface area contributed by atoms with Crippen molar-refractivity contribution in [1.29, 1.82) is 5.41 Å². The SMILES string of the molecule is N=C(N)CCCCOc1cc(F)ccc1[N+](=O)[O-]. The maximum absolute atomic E-state index is 12.9. The molecule has 0 saturated carbocycles. The molecule has 0 aromatic heterocycles. The second-order valence-electron chi connectivity index (χ2n) is 3.70. The minimum Gasteiger partial charge on any atom is -0.487 e. The Morgan fingerprint density at radius 3 is 2.83 bits per heavy atom. The number of benzene rings is 1. The standard InChI is InChI=1S/C11H14FN3O3/c12-8-4-5-9(15(16)17)10(7-8)18-6-2-1-3-11(13)14/h4-5,7H,1-3,6H2,(H3,13,14). The van der Waals surface area contributed by atoms with E-state index in [9.17, 15) is 14.5 Å². The number of amidine groups is 1. The van der Waals surface area contributed by atoms with E-state index in [1.807, 2.05) is 0 Å². The highest BCUT2D eigenvalue weighted by Gasteiger charge is 2.15. The first-order valence-electron chi connectivity index (χ1n) is 5.40. The third-order valence-corrected chi connectivity index (χ3v) is 2.22. The van der Waals surface area contributed by atoms with E-state index in [0.29, 0.717) is 19.3 Å². The summed E-state index contributed by atoms with van der Waals surface area (Å²) in [4.78, 5) is 10.0. The molecule has 98 valence electrons. The lowest BCUT2D eigenvalue weighted by Gasteiger charge is -2.06. The fourth-order valence-electron chi connectivity index (χ4n) is 1.35. The van der Waals surface area contributed by atoms with Crippen LogP contribution in [0.5, 0.6) is 5.75 Å². The summed E-state index contributed by atoms with van der Waals surface area (Å²) in [6.07, 6.45) is 1.69. The van der Waals surface area contributed by atoms with E-state index in [0.717, 1.165) is 18.2 Å². The molecule has 18 heavy (non-hydrogen) atoms. The summed E-state index contributed by atoms with van der Waals surface area (Å²) < 4.78 is 18.1. The van der Waals surface area contributed by atoms with Gasteiger partial charge >= 0.3 is 5.69 Å². The lowest BCUT2D eigenvalue weighted by atomic mass is 10.2. The highest BCUT2D eigenvalue weighted by molar-refractivity contribution is 5.76. The molecule has 0 spiro atoms. The number of rotatable bonds is 7. The van der Waals surface area contributed by atoms with E-state index >= 15 is 0 Å². The number of ether oxygens (including phenoxy) is 1. The van der Waals surface area contributed by atoms with E-state index < -0.39 is 10.7 Å². The van der Waals surface area contributed by atoms with Crippen LogP contribution in [0.4, 0.5) is 10.1 Å². The van der Waals surface area contributed by atoms with Gasteiger partial charge in [0.2, 0.25) is 0 Å². The summed E-state index contributed by atoms with van der Waals surface area (Å²) in [5, 5.41) is 17.7. The second-order valence-corrected chi connectivity index (χ2v) is 3.70. The van der Waals surface area contributed by atoms with Crippen molar-refractivity contribution >= 4 is 11.5 Å². The van der Waals surface area contributed by atoms with E-state index in [4.69, 9.17) is 15.9 Å². The molecule has 0 heterocycles. The Kier molecular flexibility index (Phi) is 5.04. The smallest absolute Gasteiger partial charge is 0.311 e. The number of nitrogens with one attached hydrogen (secondary N) is 1. The van der Waals surface area contributed by atoms with E-state index in [1.54, 1.807) is 0 Å². The van der Waals surface area contributed by atoms with Gasteiger partial charge < -0.3 is 10.5 Å². The first kappa shape index (κ1) is 13.9. The molecule has 0 radical (unpaired) electrons. The van der Waals surface area contributed by atoms with Crippen LogP contribution in [0.3, 0.4) is 0 Å². The van der Waals surface area contributed by atoms with Crippen LogP contribution in [0.25, 0.3) is 0 Å². The first-order valence-corrected chi connectivity index (χ1v) is 5.40. The van der Waals surface area contributed by atoms with E-state index in [1.165, 1.54) is 0 Å². The van der Waals surface area contributed by atoms with Gasteiger partial charge in [0.15, 0.2) is 5.75 Å². The number of unbranched alkanes of at least 4 members (excludes halogenated alkanes) is 1. The van der Waals surface area contributed by atoms with Gasteiger partial charge in [-0.1, -0.05) is 0 Å². The van der Waals surface area contributed by atoms with Gasteiger partial charge in [0.05, 0.1) is 17.4 Å². The monoisotopic (exact) mass is 255 g/mol. The maximum Gasteiger partial charge on any atom is 0.311 e.